The Kier molecular flexibility index (Phi) is 4.38. The lowest BCUT2D eigenvalue weighted by Crippen LogP contribution is -2.13. The van der Waals surface area contributed by atoms with E-state index in [1.54, 1.807) is 11.3 Å². The largest absolute Gasteiger partial charge is 0.464 e. The fourth-order valence-electron chi connectivity index (χ4n) is 2.70. The molecule has 1 aliphatic rings. The van der Waals surface area contributed by atoms with Crippen LogP contribution in [0.5, 0.6) is 0 Å². The number of esters is 1. The Hall–Kier alpha value is -0.900. The predicted octanol–water partition coefficient (Wildman–Crippen LogP) is 3.92. The van der Waals surface area contributed by atoms with E-state index in [-0.39, 0.29) is 5.97 Å². The van der Waals surface area contributed by atoms with Crippen LogP contribution in [-0.4, -0.2) is 18.1 Å². The third-order valence-electron chi connectivity index (χ3n) is 3.97. The third-order valence-corrected chi connectivity index (χ3v) is 5.10. The maximum Gasteiger partial charge on any atom is 0.357 e. The molecule has 0 spiro atoms. The Morgan fingerprint density at radius 2 is 2.06 bits per heavy atom. The molecule has 0 unspecified atom stereocenters. The summed E-state index contributed by atoms with van der Waals surface area (Å²) in [7, 11) is 1.41. The minimum absolute atomic E-state index is 0.308. The van der Waals surface area contributed by atoms with Gasteiger partial charge in [0.15, 0.2) is 5.69 Å². The maximum absolute atomic E-state index is 11.6. The number of methoxy groups -OCH3 is 1. The number of hydrogen-bond acceptors (Lipinski definition) is 4. The summed E-state index contributed by atoms with van der Waals surface area (Å²) in [5.74, 6) is 1.13. The van der Waals surface area contributed by atoms with Gasteiger partial charge in [0.05, 0.1) is 12.1 Å². The zero-order chi connectivity index (χ0) is 13.1. The van der Waals surface area contributed by atoms with Gasteiger partial charge in [0, 0.05) is 10.8 Å². The van der Waals surface area contributed by atoms with Gasteiger partial charge in [-0.2, -0.15) is 0 Å². The first-order valence-electron chi connectivity index (χ1n) is 6.71. The summed E-state index contributed by atoms with van der Waals surface area (Å²) in [4.78, 5) is 17.0. The summed E-state index contributed by atoms with van der Waals surface area (Å²) < 4.78 is 4.76. The molecule has 1 aliphatic carbocycles. The van der Waals surface area contributed by atoms with Crippen LogP contribution in [0.2, 0.25) is 0 Å². The van der Waals surface area contributed by atoms with Crippen molar-refractivity contribution in [3.63, 3.8) is 0 Å². The number of carbonyl (C=O) groups excluding carboxylic acids is 1. The van der Waals surface area contributed by atoms with Crippen LogP contribution < -0.4 is 0 Å². The molecule has 0 aliphatic heterocycles. The molecule has 1 fully saturated rings. The van der Waals surface area contributed by atoms with E-state index in [0.717, 1.165) is 15.8 Å². The molecule has 2 rings (SSSR count). The molecule has 4 heteroatoms. The van der Waals surface area contributed by atoms with E-state index in [1.165, 1.54) is 39.2 Å². The highest BCUT2D eigenvalue weighted by Gasteiger charge is 2.25. The minimum Gasteiger partial charge on any atom is -0.464 e. The summed E-state index contributed by atoms with van der Waals surface area (Å²) in [6.07, 6.45) is 6.32. The lowest BCUT2D eigenvalue weighted by Gasteiger charge is -2.26. The van der Waals surface area contributed by atoms with E-state index in [0.29, 0.717) is 11.6 Å². The highest BCUT2D eigenvalue weighted by molar-refractivity contribution is 7.12. The highest BCUT2D eigenvalue weighted by Crippen LogP contribution is 2.39. The van der Waals surface area contributed by atoms with Crippen LogP contribution >= 0.6 is 11.3 Å². The van der Waals surface area contributed by atoms with Crippen molar-refractivity contribution in [3.05, 3.63) is 15.6 Å². The van der Waals surface area contributed by atoms with Crippen molar-refractivity contribution >= 4 is 17.3 Å². The first-order valence-corrected chi connectivity index (χ1v) is 7.53. The van der Waals surface area contributed by atoms with Gasteiger partial charge in [-0.15, -0.1) is 11.3 Å². The zero-order valence-electron chi connectivity index (χ0n) is 11.4. The van der Waals surface area contributed by atoms with Gasteiger partial charge in [-0.3, -0.25) is 0 Å². The molecule has 18 heavy (non-hydrogen) atoms. The third kappa shape index (κ3) is 2.74. The number of aromatic nitrogens is 1. The van der Waals surface area contributed by atoms with Crippen molar-refractivity contribution in [1.82, 2.24) is 4.98 Å². The second kappa shape index (κ2) is 5.83. The van der Waals surface area contributed by atoms with Gasteiger partial charge in [0.25, 0.3) is 0 Å². The van der Waals surface area contributed by atoms with Crippen molar-refractivity contribution in [2.75, 3.05) is 7.11 Å². The topological polar surface area (TPSA) is 39.2 Å². The molecular formula is C14H21NO2S. The Labute approximate surface area is 113 Å². The van der Waals surface area contributed by atoms with Gasteiger partial charge in [-0.1, -0.05) is 13.3 Å². The molecule has 1 aromatic rings. The van der Waals surface area contributed by atoms with Gasteiger partial charge in [-0.25, -0.2) is 9.78 Å². The molecular weight excluding hydrogens is 246 g/mol. The number of nitrogens with zero attached hydrogens (tertiary/aromatic N) is 1. The maximum atomic E-state index is 11.6. The molecule has 0 radical (unpaired) electrons. The highest BCUT2D eigenvalue weighted by atomic mass is 32.1. The number of rotatable bonds is 3. The lowest BCUT2D eigenvalue weighted by atomic mass is 9.81. The first-order chi connectivity index (χ1) is 8.65. The first kappa shape index (κ1) is 13.5. The van der Waals surface area contributed by atoms with Crippen molar-refractivity contribution in [3.8, 4) is 0 Å². The number of ether oxygens (including phenoxy) is 1. The summed E-state index contributed by atoms with van der Waals surface area (Å²) in [6, 6.07) is 0. The number of hydrogen-bond donors (Lipinski definition) is 0. The average Bonchev–Trinajstić information content (AvgIpc) is 2.80. The second-order valence-electron chi connectivity index (χ2n) is 5.07. The molecule has 3 nitrogen and oxygen atoms in total. The van der Waals surface area contributed by atoms with Gasteiger partial charge in [-0.05, 0) is 38.5 Å². The minimum atomic E-state index is -0.308. The molecule has 0 bridgehead atoms. The fourth-order valence-corrected chi connectivity index (χ4v) is 3.77. The van der Waals surface area contributed by atoms with Crippen LogP contribution in [0.25, 0.3) is 0 Å². The van der Waals surface area contributed by atoms with E-state index in [4.69, 9.17) is 4.74 Å². The van der Waals surface area contributed by atoms with Crippen LogP contribution in [-0.2, 0) is 4.74 Å². The predicted molar refractivity (Wildman–Crippen MR) is 73.2 cm³/mol. The van der Waals surface area contributed by atoms with Gasteiger partial charge >= 0.3 is 5.97 Å². The quantitative estimate of drug-likeness (QED) is 0.779. The number of thiazole rings is 1. The second-order valence-corrected chi connectivity index (χ2v) is 6.31. The molecule has 0 aromatic carbocycles. The summed E-state index contributed by atoms with van der Waals surface area (Å²) >= 11 is 1.66. The van der Waals surface area contributed by atoms with Crippen LogP contribution in [0.15, 0.2) is 0 Å². The number of aryl methyl sites for hydroxylation is 1. The summed E-state index contributed by atoms with van der Waals surface area (Å²) in [5.41, 5.74) is 0.509. The van der Waals surface area contributed by atoms with Crippen LogP contribution in [0.1, 0.15) is 65.3 Å². The molecule has 1 saturated carbocycles. The Morgan fingerprint density at radius 3 is 2.61 bits per heavy atom. The molecule has 1 heterocycles. The van der Waals surface area contributed by atoms with Crippen molar-refractivity contribution in [1.29, 1.82) is 0 Å². The number of carbonyl (C=O) groups is 1. The monoisotopic (exact) mass is 267 g/mol. The summed E-state index contributed by atoms with van der Waals surface area (Å²) in [6.45, 7) is 4.22. The van der Waals surface area contributed by atoms with Gasteiger partial charge in [0.1, 0.15) is 0 Å². The molecule has 0 atom stereocenters. The molecule has 100 valence electrons. The van der Waals surface area contributed by atoms with Crippen LogP contribution in [0.3, 0.4) is 0 Å². The van der Waals surface area contributed by atoms with Crippen molar-refractivity contribution in [2.45, 2.75) is 51.9 Å². The Morgan fingerprint density at radius 1 is 1.39 bits per heavy atom. The van der Waals surface area contributed by atoms with Crippen LogP contribution in [0.4, 0.5) is 0 Å². The zero-order valence-corrected chi connectivity index (χ0v) is 12.2. The lowest BCUT2D eigenvalue weighted by molar-refractivity contribution is 0.0594. The standard InChI is InChI=1S/C14H21NO2S/c1-4-10-5-7-11(8-6-10)13-15-12(9(2)18-13)14(16)17-3/h10-11H,4-8H2,1-3H3. The molecule has 0 N–H and O–H groups in total. The van der Waals surface area contributed by atoms with Gasteiger partial charge < -0.3 is 4.74 Å². The average molecular weight is 267 g/mol. The van der Waals surface area contributed by atoms with Crippen molar-refractivity contribution in [2.24, 2.45) is 5.92 Å². The Bertz CT molecular complexity index is 419. The Balaban J connectivity index is 2.08. The molecule has 1 aromatic heterocycles. The molecule has 0 amide bonds. The van der Waals surface area contributed by atoms with E-state index in [1.807, 2.05) is 6.92 Å². The van der Waals surface area contributed by atoms with E-state index < -0.39 is 0 Å². The van der Waals surface area contributed by atoms with Crippen molar-refractivity contribution < 1.29 is 9.53 Å². The summed E-state index contributed by atoms with van der Waals surface area (Å²) in [5, 5.41) is 1.13. The smallest absolute Gasteiger partial charge is 0.357 e. The van der Waals surface area contributed by atoms with E-state index in [9.17, 15) is 4.79 Å². The van der Waals surface area contributed by atoms with E-state index in [2.05, 4.69) is 11.9 Å². The molecule has 0 saturated heterocycles. The van der Waals surface area contributed by atoms with Crippen LogP contribution in [0, 0.1) is 12.8 Å². The SMILES string of the molecule is CCC1CCC(c2nc(C(=O)OC)c(C)s2)CC1. The normalized spacial score (nSPS) is 23.9. The fraction of sp³-hybridized carbons (Fsp3) is 0.714. The van der Waals surface area contributed by atoms with Gasteiger partial charge in [0.2, 0.25) is 0 Å². The van der Waals surface area contributed by atoms with E-state index >= 15 is 0 Å².